The number of benzene rings is 1. The monoisotopic (exact) mass is 196 g/mol. The highest BCUT2D eigenvalue weighted by atomic mass is 16.4. The maximum Gasteiger partial charge on any atom is 0.488 e. The van der Waals surface area contributed by atoms with Crippen LogP contribution in [-0.2, 0) is 6.61 Å². The van der Waals surface area contributed by atoms with Crippen LogP contribution in [0.25, 0.3) is 0 Å². The average molecular weight is 196 g/mol. The van der Waals surface area contributed by atoms with Crippen molar-refractivity contribution in [1.29, 1.82) is 0 Å². The summed E-state index contributed by atoms with van der Waals surface area (Å²) in [5, 5.41) is 26.6. The third kappa shape index (κ3) is 3.50. The maximum absolute atomic E-state index is 8.90. The first kappa shape index (κ1) is 13.2. The summed E-state index contributed by atoms with van der Waals surface area (Å²) < 4.78 is 0. The van der Waals surface area contributed by atoms with Gasteiger partial charge in [0.15, 0.2) is 0 Å². The number of aliphatic hydroxyl groups is 1. The molecule has 0 saturated heterocycles. The first-order valence-corrected chi connectivity index (χ1v) is 4.71. The standard InChI is InChI=1S/C8H11BO3.C2H6/c1-6-2-3-7(5-10)8(4-6)9(11)12;1-2/h2-4,10-12H,5H2,1H3;1-2H3. The molecule has 0 unspecified atom stereocenters. The molecule has 0 aliphatic heterocycles. The quantitative estimate of drug-likeness (QED) is 0.592. The van der Waals surface area contributed by atoms with Crippen molar-refractivity contribution in [3.05, 3.63) is 29.3 Å². The molecule has 14 heavy (non-hydrogen) atoms. The summed E-state index contributed by atoms with van der Waals surface area (Å²) in [5.41, 5.74) is 1.86. The Morgan fingerprint density at radius 2 is 1.79 bits per heavy atom. The van der Waals surface area contributed by atoms with Crippen LogP contribution in [0.3, 0.4) is 0 Å². The van der Waals surface area contributed by atoms with Gasteiger partial charge in [-0.05, 0) is 17.9 Å². The Hall–Kier alpha value is -0.835. The number of aryl methyl sites for hydroxylation is 1. The summed E-state index contributed by atoms with van der Waals surface area (Å²) in [4.78, 5) is 0. The van der Waals surface area contributed by atoms with Crippen LogP contribution in [0.4, 0.5) is 0 Å². The summed E-state index contributed by atoms with van der Waals surface area (Å²) in [6.45, 7) is 5.68. The Morgan fingerprint density at radius 1 is 1.21 bits per heavy atom. The largest absolute Gasteiger partial charge is 0.488 e. The van der Waals surface area contributed by atoms with Crippen LogP contribution in [-0.4, -0.2) is 22.3 Å². The van der Waals surface area contributed by atoms with E-state index < -0.39 is 7.12 Å². The fraction of sp³-hybridized carbons (Fsp3) is 0.400. The van der Waals surface area contributed by atoms with Gasteiger partial charge in [0, 0.05) is 0 Å². The molecule has 3 N–H and O–H groups in total. The second-order valence-electron chi connectivity index (χ2n) is 2.73. The molecule has 0 heterocycles. The van der Waals surface area contributed by atoms with Crippen LogP contribution in [0.2, 0.25) is 0 Å². The minimum absolute atomic E-state index is 0.173. The van der Waals surface area contributed by atoms with Crippen LogP contribution >= 0.6 is 0 Å². The Bertz CT molecular complexity index is 274. The van der Waals surface area contributed by atoms with Crippen molar-refractivity contribution in [2.75, 3.05) is 0 Å². The third-order valence-corrected chi connectivity index (χ3v) is 1.75. The zero-order chi connectivity index (χ0) is 11.1. The molecule has 0 atom stereocenters. The Labute approximate surface area is 85.2 Å². The summed E-state index contributed by atoms with van der Waals surface area (Å²) >= 11 is 0. The molecule has 0 amide bonds. The fourth-order valence-corrected chi connectivity index (χ4v) is 1.10. The van der Waals surface area contributed by atoms with Crippen LogP contribution < -0.4 is 5.46 Å². The van der Waals surface area contributed by atoms with Crippen molar-refractivity contribution in [3.8, 4) is 0 Å². The lowest BCUT2D eigenvalue weighted by Gasteiger charge is -2.06. The molecule has 78 valence electrons. The van der Waals surface area contributed by atoms with Crippen LogP contribution in [0.5, 0.6) is 0 Å². The number of hydrogen-bond donors (Lipinski definition) is 3. The Kier molecular flexibility index (Phi) is 6.20. The molecule has 0 aliphatic rings. The van der Waals surface area contributed by atoms with Gasteiger partial charge in [0.2, 0.25) is 0 Å². The summed E-state index contributed by atoms with van der Waals surface area (Å²) in [7, 11) is -1.51. The van der Waals surface area contributed by atoms with E-state index in [-0.39, 0.29) is 6.61 Å². The Balaban J connectivity index is 0.000000791. The number of hydrogen-bond acceptors (Lipinski definition) is 3. The van der Waals surface area contributed by atoms with Gasteiger partial charge in [0.05, 0.1) is 6.61 Å². The molecule has 3 nitrogen and oxygen atoms in total. The Morgan fingerprint density at radius 3 is 2.21 bits per heavy atom. The van der Waals surface area contributed by atoms with E-state index in [2.05, 4.69) is 0 Å². The van der Waals surface area contributed by atoms with E-state index in [1.165, 1.54) is 0 Å². The molecule has 0 spiro atoms. The van der Waals surface area contributed by atoms with Crippen molar-refractivity contribution in [2.24, 2.45) is 0 Å². The summed E-state index contributed by atoms with van der Waals surface area (Å²) in [5.74, 6) is 0. The van der Waals surface area contributed by atoms with Gasteiger partial charge in [-0.2, -0.15) is 0 Å². The lowest BCUT2D eigenvalue weighted by atomic mass is 9.76. The highest BCUT2D eigenvalue weighted by Gasteiger charge is 2.14. The van der Waals surface area contributed by atoms with Crippen molar-refractivity contribution < 1.29 is 15.2 Å². The molecule has 0 fully saturated rings. The van der Waals surface area contributed by atoms with Crippen molar-refractivity contribution in [2.45, 2.75) is 27.4 Å². The van der Waals surface area contributed by atoms with Gasteiger partial charge in [-0.1, -0.05) is 37.6 Å². The minimum Gasteiger partial charge on any atom is -0.423 e. The third-order valence-electron chi connectivity index (χ3n) is 1.75. The fourth-order valence-electron chi connectivity index (χ4n) is 1.10. The topological polar surface area (TPSA) is 60.7 Å². The molecule has 0 aliphatic carbocycles. The molecular weight excluding hydrogens is 179 g/mol. The zero-order valence-corrected chi connectivity index (χ0v) is 8.86. The van der Waals surface area contributed by atoms with Crippen molar-refractivity contribution >= 4 is 12.6 Å². The van der Waals surface area contributed by atoms with Gasteiger partial charge in [0.25, 0.3) is 0 Å². The predicted octanol–water partition coefficient (Wildman–Crippen LogP) is 0.193. The second kappa shape index (κ2) is 6.59. The number of aliphatic hydroxyl groups excluding tert-OH is 1. The molecular formula is C10H17BO3. The van der Waals surface area contributed by atoms with Gasteiger partial charge in [0.1, 0.15) is 0 Å². The zero-order valence-electron chi connectivity index (χ0n) is 8.86. The molecule has 0 aromatic heterocycles. The maximum atomic E-state index is 8.90. The van der Waals surface area contributed by atoms with Gasteiger partial charge in [-0.25, -0.2) is 0 Å². The van der Waals surface area contributed by atoms with E-state index in [9.17, 15) is 0 Å². The SMILES string of the molecule is CC.Cc1ccc(CO)c(B(O)O)c1. The second-order valence-corrected chi connectivity index (χ2v) is 2.73. The lowest BCUT2D eigenvalue weighted by Crippen LogP contribution is -2.33. The van der Waals surface area contributed by atoms with Crippen molar-refractivity contribution in [3.63, 3.8) is 0 Å². The average Bonchev–Trinajstić information content (AvgIpc) is 2.20. The molecule has 1 rings (SSSR count). The van der Waals surface area contributed by atoms with Crippen LogP contribution in [0, 0.1) is 6.92 Å². The first-order chi connectivity index (χ1) is 6.65. The van der Waals surface area contributed by atoms with Gasteiger partial charge in [-0.3, -0.25) is 0 Å². The predicted molar refractivity (Wildman–Crippen MR) is 58.3 cm³/mol. The molecule has 0 bridgehead atoms. The summed E-state index contributed by atoms with van der Waals surface area (Å²) in [6.07, 6.45) is 0. The smallest absolute Gasteiger partial charge is 0.423 e. The number of rotatable bonds is 2. The van der Waals surface area contributed by atoms with Gasteiger partial charge >= 0.3 is 7.12 Å². The minimum atomic E-state index is -1.51. The normalized spacial score (nSPS) is 9.00. The molecule has 0 radical (unpaired) electrons. The van der Waals surface area contributed by atoms with Gasteiger partial charge < -0.3 is 15.2 Å². The van der Waals surface area contributed by atoms with Crippen molar-refractivity contribution in [1.82, 2.24) is 0 Å². The molecule has 0 saturated carbocycles. The molecule has 1 aromatic carbocycles. The highest BCUT2D eigenvalue weighted by molar-refractivity contribution is 6.59. The highest BCUT2D eigenvalue weighted by Crippen LogP contribution is 2.01. The lowest BCUT2D eigenvalue weighted by molar-refractivity contribution is 0.282. The van der Waals surface area contributed by atoms with E-state index in [1.807, 2.05) is 26.8 Å². The van der Waals surface area contributed by atoms with E-state index >= 15 is 0 Å². The first-order valence-electron chi connectivity index (χ1n) is 4.71. The van der Waals surface area contributed by atoms with Crippen LogP contribution in [0.15, 0.2) is 18.2 Å². The van der Waals surface area contributed by atoms with Crippen LogP contribution in [0.1, 0.15) is 25.0 Å². The van der Waals surface area contributed by atoms with E-state index in [4.69, 9.17) is 15.2 Å². The molecule has 1 aromatic rings. The molecule has 4 heteroatoms. The van der Waals surface area contributed by atoms with Gasteiger partial charge in [-0.15, -0.1) is 0 Å². The van der Waals surface area contributed by atoms with E-state index in [1.54, 1.807) is 12.1 Å². The summed E-state index contributed by atoms with van der Waals surface area (Å²) in [6, 6.07) is 5.15. The van der Waals surface area contributed by atoms with E-state index in [0.29, 0.717) is 11.0 Å². The van der Waals surface area contributed by atoms with E-state index in [0.717, 1.165) is 5.56 Å².